The highest BCUT2D eigenvalue weighted by molar-refractivity contribution is 5.78. The highest BCUT2D eigenvalue weighted by Crippen LogP contribution is 2.28. The van der Waals surface area contributed by atoms with Crippen molar-refractivity contribution in [3.8, 4) is 0 Å². The van der Waals surface area contributed by atoms with Gasteiger partial charge in [0.25, 0.3) is 0 Å². The Kier molecular flexibility index (Phi) is 4.08. The van der Waals surface area contributed by atoms with Crippen LogP contribution in [0.15, 0.2) is 0 Å². The molecule has 0 radical (unpaired) electrons. The van der Waals surface area contributed by atoms with E-state index in [1.165, 1.54) is 19.4 Å². The molecule has 1 amide bonds. The minimum Gasteiger partial charge on any atom is -0.342 e. The average molecular weight is 238 g/mol. The normalized spacial score (nSPS) is 29.8. The summed E-state index contributed by atoms with van der Waals surface area (Å²) in [6.45, 7) is 9.30. The van der Waals surface area contributed by atoms with Crippen molar-refractivity contribution in [2.24, 2.45) is 17.8 Å². The Morgan fingerprint density at radius 3 is 2.59 bits per heavy atom. The fourth-order valence-corrected chi connectivity index (χ4v) is 2.65. The highest BCUT2D eigenvalue weighted by atomic mass is 16.2. The molecule has 0 unspecified atom stereocenters. The van der Waals surface area contributed by atoms with Crippen molar-refractivity contribution < 1.29 is 4.79 Å². The van der Waals surface area contributed by atoms with Gasteiger partial charge in [-0.3, -0.25) is 4.79 Å². The van der Waals surface area contributed by atoms with Crippen LogP contribution in [0.1, 0.15) is 40.0 Å². The summed E-state index contributed by atoms with van der Waals surface area (Å²) in [5.41, 5.74) is 0. The monoisotopic (exact) mass is 238 g/mol. The predicted molar refractivity (Wildman–Crippen MR) is 69.7 cm³/mol. The largest absolute Gasteiger partial charge is 0.342 e. The van der Waals surface area contributed by atoms with Crippen molar-refractivity contribution >= 4 is 5.91 Å². The first-order chi connectivity index (χ1) is 8.08. The first-order valence-electron chi connectivity index (χ1n) is 7.10. The number of nitrogens with one attached hydrogen (secondary N) is 1. The maximum atomic E-state index is 11.9. The van der Waals surface area contributed by atoms with E-state index in [1.807, 2.05) is 18.7 Å². The molecule has 0 bridgehead atoms. The molecular formula is C14H26N2O. The van der Waals surface area contributed by atoms with Crippen LogP contribution in [0.3, 0.4) is 0 Å². The lowest BCUT2D eigenvalue weighted by Crippen LogP contribution is -2.51. The van der Waals surface area contributed by atoms with Crippen molar-refractivity contribution in [1.29, 1.82) is 0 Å². The van der Waals surface area contributed by atoms with Crippen LogP contribution in [-0.4, -0.2) is 36.5 Å². The van der Waals surface area contributed by atoms with E-state index in [-0.39, 0.29) is 5.92 Å². The molecule has 2 aliphatic rings. The Labute approximate surface area is 105 Å². The molecule has 17 heavy (non-hydrogen) atoms. The second-order valence-electron chi connectivity index (χ2n) is 6.16. The zero-order chi connectivity index (χ0) is 12.4. The van der Waals surface area contributed by atoms with Crippen molar-refractivity contribution in [3.63, 3.8) is 0 Å². The molecule has 0 aromatic heterocycles. The molecular weight excluding hydrogens is 212 g/mol. The van der Waals surface area contributed by atoms with E-state index in [0.29, 0.717) is 17.9 Å². The Hall–Kier alpha value is -0.570. The van der Waals surface area contributed by atoms with Crippen molar-refractivity contribution in [2.75, 3.05) is 19.6 Å². The molecule has 2 rings (SSSR count). The standard InChI is InChI=1S/C14H26N2O/c1-10(2)14(17)16-7-6-13(11(3)9-16)15-8-12-4-5-12/h10-13,15H,4-9H2,1-3H3/t11-,13+/m0/s1. The Morgan fingerprint density at radius 1 is 1.35 bits per heavy atom. The molecule has 1 N–H and O–H groups in total. The van der Waals surface area contributed by atoms with Gasteiger partial charge in [-0.2, -0.15) is 0 Å². The minimum absolute atomic E-state index is 0.137. The smallest absolute Gasteiger partial charge is 0.225 e. The number of carbonyl (C=O) groups excluding carboxylic acids is 1. The maximum absolute atomic E-state index is 11.9. The molecule has 98 valence electrons. The lowest BCUT2D eigenvalue weighted by atomic mass is 9.93. The van der Waals surface area contributed by atoms with E-state index >= 15 is 0 Å². The second kappa shape index (κ2) is 5.38. The number of nitrogens with zero attached hydrogens (tertiary/aromatic N) is 1. The molecule has 1 heterocycles. The highest BCUT2D eigenvalue weighted by Gasteiger charge is 2.30. The van der Waals surface area contributed by atoms with Gasteiger partial charge in [-0.05, 0) is 37.6 Å². The molecule has 1 aliphatic heterocycles. The van der Waals surface area contributed by atoms with Gasteiger partial charge in [0.05, 0.1) is 0 Å². The number of hydrogen-bond acceptors (Lipinski definition) is 2. The fraction of sp³-hybridized carbons (Fsp3) is 0.929. The molecule has 3 heteroatoms. The van der Waals surface area contributed by atoms with Crippen LogP contribution in [-0.2, 0) is 4.79 Å². The number of amides is 1. The van der Waals surface area contributed by atoms with Crippen LogP contribution in [0.4, 0.5) is 0 Å². The average Bonchev–Trinajstić information content (AvgIpc) is 3.10. The van der Waals surface area contributed by atoms with Crippen molar-refractivity contribution in [2.45, 2.75) is 46.1 Å². The van der Waals surface area contributed by atoms with E-state index in [2.05, 4.69) is 12.2 Å². The van der Waals surface area contributed by atoms with Crippen LogP contribution in [0, 0.1) is 17.8 Å². The van der Waals surface area contributed by atoms with Gasteiger partial charge in [-0.15, -0.1) is 0 Å². The third-order valence-electron chi connectivity index (χ3n) is 4.08. The number of rotatable bonds is 4. The summed E-state index contributed by atoms with van der Waals surface area (Å²) in [5, 5.41) is 3.68. The number of hydrogen-bond donors (Lipinski definition) is 1. The van der Waals surface area contributed by atoms with E-state index in [9.17, 15) is 4.79 Å². The second-order valence-corrected chi connectivity index (χ2v) is 6.16. The predicted octanol–water partition coefficient (Wildman–Crippen LogP) is 1.88. The third kappa shape index (κ3) is 3.44. The number of carbonyl (C=O) groups is 1. The van der Waals surface area contributed by atoms with Crippen molar-refractivity contribution in [1.82, 2.24) is 10.2 Å². The van der Waals surface area contributed by atoms with E-state index in [4.69, 9.17) is 0 Å². The van der Waals surface area contributed by atoms with Crippen LogP contribution >= 0.6 is 0 Å². The molecule has 1 aliphatic carbocycles. The Balaban J connectivity index is 1.77. The maximum Gasteiger partial charge on any atom is 0.225 e. The molecule has 2 atom stereocenters. The minimum atomic E-state index is 0.137. The first kappa shape index (κ1) is 12.9. The van der Waals surface area contributed by atoms with E-state index in [1.54, 1.807) is 0 Å². The summed E-state index contributed by atoms with van der Waals surface area (Å²) in [7, 11) is 0. The molecule has 0 spiro atoms. The summed E-state index contributed by atoms with van der Waals surface area (Å²) < 4.78 is 0. The van der Waals surface area contributed by atoms with E-state index < -0.39 is 0 Å². The topological polar surface area (TPSA) is 32.3 Å². The zero-order valence-electron chi connectivity index (χ0n) is 11.4. The van der Waals surface area contributed by atoms with Gasteiger partial charge in [-0.1, -0.05) is 20.8 Å². The quantitative estimate of drug-likeness (QED) is 0.811. The molecule has 2 fully saturated rings. The van der Waals surface area contributed by atoms with Crippen LogP contribution in [0.25, 0.3) is 0 Å². The van der Waals surface area contributed by atoms with Gasteiger partial charge in [0.15, 0.2) is 0 Å². The van der Waals surface area contributed by atoms with E-state index in [0.717, 1.165) is 25.4 Å². The Bertz CT molecular complexity index is 273. The zero-order valence-corrected chi connectivity index (χ0v) is 11.4. The summed E-state index contributed by atoms with van der Waals surface area (Å²) in [6, 6.07) is 0.617. The van der Waals surface area contributed by atoms with Gasteiger partial charge in [-0.25, -0.2) is 0 Å². The van der Waals surface area contributed by atoms with Crippen LogP contribution < -0.4 is 5.32 Å². The molecule has 0 aromatic rings. The van der Waals surface area contributed by atoms with Gasteiger partial charge in [0.2, 0.25) is 5.91 Å². The summed E-state index contributed by atoms with van der Waals surface area (Å²) >= 11 is 0. The summed E-state index contributed by atoms with van der Waals surface area (Å²) in [6.07, 6.45) is 3.93. The molecule has 1 saturated heterocycles. The van der Waals surface area contributed by atoms with Crippen LogP contribution in [0.2, 0.25) is 0 Å². The third-order valence-corrected chi connectivity index (χ3v) is 4.08. The van der Waals surface area contributed by atoms with Gasteiger partial charge >= 0.3 is 0 Å². The van der Waals surface area contributed by atoms with Gasteiger partial charge < -0.3 is 10.2 Å². The van der Waals surface area contributed by atoms with Crippen molar-refractivity contribution in [3.05, 3.63) is 0 Å². The van der Waals surface area contributed by atoms with Crippen LogP contribution in [0.5, 0.6) is 0 Å². The number of piperidine rings is 1. The van der Waals surface area contributed by atoms with Gasteiger partial charge in [0.1, 0.15) is 0 Å². The first-order valence-corrected chi connectivity index (χ1v) is 7.10. The lowest BCUT2D eigenvalue weighted by Gasteiger charge is -2.38. The summed E-state index contributed by atoms with van der Waals surface area (Å²) in [5.74, 6) is 1.98. The molecule has 3 nitrogen and oxygen atoms in total. The lowest BCUT2D eigenvalue weighted by molar-refractivity contribution is -0.136. The molecule has 1 saturated carbocycles. The van der Waals surface area contributed by atoms with Gasteiger partial charge in [0, 0.05) is 25.0 Å². The Morgan fingerprint density at radius 2 is 2.06 bits per heavy atom. The number of likely N-dealkylation sites (tertiary alicyclic amines) is 1. The SMILES string of the molecule is CC(C)C(=O)N1CC[C@@H](NCC2CC2)[C@@H](C)C1. The fourth-order valence-electron chi connectivity index (χ4n) is 2.65. The summed E-state index contributed by atoms with van der Waals surface area (Å²) in [4.78, 5) is 14.0. The molecule has 0 aromatic carbocycles.